The molecule has 0 radical (unpaired) electrons. The highest BCUT2D eigenvalue weighted by molar-refractivity contribution is 5.40. The van der Waals surface area contributed by atoms with Gasteiger partial charge in [0.05, 0.1) is 7.11 Å². The van der Waals surface area contributed by atoms with Crippen LogP contribution >= 0.6 is 0 Å². The maximum Gasteiger partial charge on any atom is 0.417 e. The Balaban J connectivity index is 2.47. The van der Waals surface area contributed by atoms with Crippen LogP contribution in [0.5, 0.6) is 5.75 Å². The predicted molar refractivity (Wildman–Crippen MR) is 99.0 cm³/mol. The summed E-state index contributed by atoms with van der Waals surface area (Å²) < 4.78 is 60.8. The molecule has 1 atom stereocenters. The number of methoxy groups -OCH3 is 1. The van der Waals surface area contributed by atoms with Gasteiger partial charge in [0.2, 0.25) is 0 Å². The molecule has 0 spiro atoms. The summed E-state index contributed by atoms with van der Waals surface area (Å²) in [5, 5.41) is 10.7. The molecule has 0 fully saturated rings. The summed E-state index contributed by atoms with van der Waals surface area (Å²) in [7, 11) is 1.37. The molecule has 0 amide bonds. The Kier molecular flexibility index (Phi) is 6.09. The standard InChI is InChI=1S/C21H25F4NO2/c1-13-8-15(9-14(2)26-13)11-20(27,21(23,24)25)12-19(3,4)17-10-16(22)6-7-18(17)28-5/h6-10,27H,11-12H2,1-5H3. The molecule has 1 heterocycles. The second-order valence-corrected chi connectivity index (χ2v) is 7.87. The van der Waals surface area contributed by atoms with Crippen LogP contribution in [0.15, 0.2) is 30.3 Å². The van der Waals surface area contributed by atoms with Crippen molar-refractivity contribution in [2.24, 2.45) is 0 Å². The van der Waals surface area contributed by atoms with Crippen LogP contribution in [0.4, 0.5) is 17.6 Å². The first-order chi connectivity index (χ1) is 12.8. The third-order valence-corrected chi connectivity index (χ3v) is 4.79. The summed E-state index contributed by atoms with van der Waals surface area (Å²) in [4.78, 5) is 4.16. The maximum atomic E-state index is 13.9. The van der Waals surface area contributed by atoms with Crippen molar-refractivity contribution in [3.63, 3.8) is 0 Å². The molecule has 0 aliphatic rings. The maximum absolute atomic E-state index is 13.9. The zero-order chi connectivity index (χ0) is 21.3. The molecule has 3 nitrogen and oxygen atoms in total. The van der Waals surface area contributed by atoms with Gasteiger partial charge in [-0.15, -0.1) is 0 Å². The van der Waals surface area contributed by atoms with Gasteiger partial charge in [-0.25, -0.2) is 4.39 Å². The van der Waals surface area contributed by atoms with Crippen molar-refractivity contribution in [3.05, 3.63) is 58.7 Å². The van der Waals surface area contributed by atoms with Crippen molar-refractivity contribution >= 4 is 0 Å². The van der Waals surface area contributed by atoms with Gasteiger partial charge < -0.3 is 9.84 Å². The van der Waals surface area contributed by atoms with Crippen molar-refractivity contribution in [1.82, 2.24) is 4.98 Å². The molecule has 28 heavy (non-hydrogen) atoms. The number of ether oxygens (including phenoxy) is 1. The first-order valence-electron chi connectivity index (χ1n) is 8.85. The van der Waals surface area contributed by atoms with Gasteiger partial charge in [-0.2, -0.15) is 13.2 Å². The zero-order valence-corrected chi connectivity index (χ0v) is 16.6. The monoisotopic (exact) mass is 399 g/mol. The Bertz CT molecular complexity index is 829. The van der Waals surface area contributed by atoms with Crippen LogP contribution in [-0.2, 0) is 11.8 Å². The Hall–Kier alpha value is -2.15. The van der Waals surface area contributed by atoms with Crippen molar-refractivity contribution in [3.8, 4) is 5.75 Å². The minimum atomic E-state index is -4.88. The second-order valence-electron chi connectivity index (χ2n) is 7.87. The molecule has 0 saturated heterocycles. The molecule has 1 unspecified atom stereocenters. The lowest BCUT2D eigenvalue weighted by Gasteiger charge is -2.38. The van der Waals surface area contributed by atoms with Crippen LogP contribution < -0.4 is 4.74 Å². The van der Waals surface area contributed by atoms with Gasteiger partial charge in [0.25, 0.3) is 0 Å². The van der Waals surface area contributed by atoms with Crippen molar-refractivity contribution < 1.29 is 27.4 Å². The first kappa shape index (κ1) is 22.1. The van der Waals surface area contributed by atoms with Crippen molar-refractivity contribution in [1.29, 1.82) is 0 Å². The zero-order valence-electron chi connectivity index (χ0n) is 16.6. The van der Waals surface area contributed by atoms with E-state index >= 15 is 0 Å². The highest BCUT2D eigenvalue weighted by Gasteiger charge is 2.56. The number of aryl methyl sites for hydroxylation is 2. The molecule has 0 aliphatic carbocycles. The molecule has 2 aromatic rings. The lowest BCUT2D eigenvalue weighted by molar-refractivity contribution is -0.266. The molecule has 1 aromatic carbocycles. The van der Waals surface area contributed by atoms with E-state index in [-0.39, 0.29) is 11.3 Å². The molecule has 0 aliphatic heterocycles. The number of rotatable bonds is 6. The van der Waals surface area contributed by atoms with E-state index in [9.17, 15) is 22.7 Å². The quantitative estimate of drug-likeness (QED) is 0.692. The number of aromatic nitrogens is 1. The molecule has 2 rings (SSSR count). The molecular formula is C21H25F4NO2. The highest BCUT2D eigenvalue weighted by atomic mass is 19.4. The minimum Gasteiger partial charge on any atom is -0.496 e. The Morgan fingerprint density at radius 1 is 1.04 bits per heavy atom. The minimum absolute atomic E-state index is 0.264. The lowest BCUT2D eigenvalue weighted by atomic mass is 9.72. The van der Waals surface area contributed by atoms with Crippen LogP contribution in [-0.4, -0.2) is 29.0 Å². The number of hydrogen-bond donors (Lipinski definition) is 1. The smallest absolute Gasteiger partial charge is 0.417 e. The van der Waals surface area contributed by atoms with Crippen LogP contribution in [0.2, 0.25) is 0 Å². The number of hydrogen-bond acceptors (Lipinski definition) is 3. The number of benzene rings is 1. The van der Waals surface area contributed by atoms with E-state index in [4.69, 9.17) is 4.74 Å². The van der Waals surface area contributed by atoms with Gasteiger partial charge in [0.15, 0.2) is 5.60 Å². The molecule has 7 heteroatoms. The highest BCUT2D eigenvalue weighted by Crippen LogP contribution is 2.45. The summed E-state index contributed by atoms with van der Waals surface area (Å²) in [6.07, 6.45) is -6.17. The SMILES string of the molecule is COc1ccc(F)cc1C(C)(C)CC(O)(Cc1cc(C)nc(C)c1)C(F)(F)F. The molecule has 0 bridgehead atoms. The summed E-state index contributed by atoms with van der Waals surface area (Å²) in [6.45, 7) is 6.43. The second kappa shape index (κ2) is 7.70. The Labute approximate surface area is 162 Å². The summed E-state index contributed by atoms with van der Waals surface area (Å²) in [5.41, 5.74) is -2.47. The largest absolute Gasteiger partial charge is 0.496 e. The third kappa shape index (κ3) is 4.82. The van der Waals surface area contributed by atoms with Gasteiger partial charge in [-0.1, -0.05) is 13.8 Å². The molecule has 154 valence electrons. The van der Waals surface area contributed by atoms with E-state index < -0.39 is 35.9 Å². The lowest BCUT2D eigenvalue weighted by Crippen LogP contribution is -2.50. The molecular weight excluding hydrogens is 374 g/mol. The van der Waals surface area contributed by atoms with Gasteiger partial charge >= 0.3 is 6.18 Å². The molecule has 0 saturated carbocycles. The van der Waals surface area contributed by atoms with Crippen LogP contribution in [0.1, 0.15) is 42.8 Å². The third-order valence-electron chi connectivity index (χ3n) is 4.79. The van der Waals surface area contributed by atoms with E-state index in [1.807, 2.05) is 0 Å². The number of pyridine rings is 1. The van der Waals surface area contributed by atoms with E-state index in [1.165, 1.54) is 45.2 Å². The van der Waals surface area contributed by atoms with E-state index in [0.717, 1.165) is 6.07 Å². The number of aliphatic hydroxyl groups is 1. The average molecular weight is 399 g/mol. The Morgan fingerprint density at radius 3 is 2.11 bits per heavy atom. The number of alkyl halides is 3. The summed E-state index contributed by atoms with van der Waals surface area (Å²) in [5.74, 6) is -0.314. The first-order valence-corrected chi connectivity index (χ1v) is 8.85. The van der Waals surface area contributed by atoms with E-state index in [1.54, 1.807) is 13.8 Å². The molecule has 1 aromatic heterocycles. The van der Waals surface area contributed by atoms with Gasteiger partial charge in [-0.05, 0) is 61.6 Å². The predicted octanol–water partition coefficient (Wildman–Crippen LogP) is 5.05. The van der Waals surface area contributed by atoms with Crippen LogP contribution in [0, 0.1) is 19.7 Å². The number of halogens is 4. The molecule has 1 N–H and O–H groups in total. The fourth-order valence-corrected chi connectivity index (χ4v) is 3.66. The van der Waals surface area contributed by atoms with E-state index in [0.29, 0.717) is 17.0 Å². The van der Waals surface area contributed by atoms with Crippen LogP contribution in [0.25, 0.3) is 0 Å². The average Bonchev–Trinajstić information content (AvgIpc) is 2.52. The van der Waals surface area contributed by atoms with Gasteiger partial charge in [-0.3, -0.25) is 4.98 Å². The van der Waals surface area contributed by atoms with Gasteiger partial charge in [0.1, 0.15) is 11.6 Å². The van der Waals surface area contributed by atoms with Crippen LogP contribution in [0.3, 0.4) is 0 Å². The van der Waals surface area contributed by atoms with E-state index in [2.05, 4.69) is 4.98 Å². The summed E-state index contributed by atoms with van der Waals surface area (Å²) >= 11 is 0. The van der Waals surface area contributed by atoms with Crippen molar-refractivity contribution in [2.45, 2.75) is 57.7 Å². The Morgan fingerprint density at radius 2 is 1.61 bits per heavy atom. The normalized spacial score (nSPS) is 14.6. The number of nitrogens with zero attached hydrogens (tertiary/aromatic N) is 1. The fourth-order valence-electron chi connectivity index (χ4n) is 3.66. The van der Waals surface area contributed by atoms with Gasteiger partial charge in [0, 0.05) is 23.4 Å². The van der Waals surface area contributed by atoms with Crippen molar-refractivity contribution in [2.75, 3.05) is 7.11 Å². The topological polar surface area (TPSA) is 42.4 Å². The summed E-state index contributed by atoms with van der Waals surface area (Å²) in [6, 6.07) is 6.75. The fraction of sp³-hybridized carbons (Fsp3) is 0.476.